The first kappa shape index (κ1) is 18.5. The largest absolute Gasteiger partial charge is 0.379 e. The van der Waals surface area contributed by atoms with Gasteiger partial charge in [-0.3, -0.25) is 4.68 Å². The summed E-state index contributed by atoms with van der Waals surface area (Å²) in [6.45, 7) is 4.65. The van der Waals surface area contributed by atoms with Crippen molar-refractivity contribution in [3.63, 3.8) is 0 Å². The number of aromatic amines is 1. The van der Waals surface area contributed by atoms with Crippen LogP contribution in [-0.4, -0.2) is 49.5 Å². The number of hydrogen-bond donors (Lipinski definition) is 2. The monoisotopic (exact) mass is 415 g/mol. The number of aromatic nitrogens is 6. The van der Waals surface area contributed by atoms with Crippen LogP contribution in [0, 0.1) is 5.41 Å². The van der Waals surface area contributed by atoms with Gasteiger partial charge in [-0.1, -0.05) is 6.92 Å². The average Bonchev–Trinajstić information content (AvgIpc) is 3.27. The van der Waals surface area contributed by atoms with Gasteiger partial charge in [0.25, 0.3) is 0 Å². The van der Waals surface area contributed by atoms with Crippen LogP contribution in [0.15, 0.2) is 43.0 Å². The van der Waals surface area contributed by atoms with E-state index in [2.05, 4.69) is 39.5 Å². The number of nitrogens with one attached hydrogen (secondary N) is 2. The summed E-state index contributed by atoms with van der Waals surface area (Å²) in [7, 11) is 0. The van der Waals surface area contributed by atoms with Crippen molar-refractivity contribution in [1.82, 2.24) is 29.7 Å². The Morgan fingerprint density at radius 2 is 2.23 bits per heavy atom. The molecule has 8 heteroatoms. The van der Waals surface area contributed by atoms with E-state index in [0.29, 0.717) is 18.0 Å². The molecule has 0 spiro atoms. The first-order valence-corrected chi connectivity index (χ1v) is 10.8. The van der Waals surface area contributed by atoms with Gasteiger partial charge in [0, 0.05) is 54.5 Å². The second kappa shape index (κ2) is 7.16. The fourth-order valence-electron chi connectivity index (χ4n) is 4.06. The summed E-state index contributed by atoms with van der Waals surface area (Å²) in [5, 5.41) is 9.43. The molecule has 2 fully saturated rings. The van der Waals surface area contributed by atoms with E-state index in [1.54, 1.807) is 0 Å². The number of rotatable bonds is 6. The Morgan fingerprint density at radius 1 is 1.29 bits per heavy atom. The van der Waals surface area contributed by atoms with Gasteiger partial charge in [-0.2, -0.15) is 5.10 Å². The number of hydrogen-bond acceptors (Lipinski definition) is 6. The molecule has 0 aromatic carbocycles. The predicted molar refractivity (Wildman–Crippen MR) is 119 cm³/mol. The Bertz CT molecular complexity index is 1230. The van der Waals surface area contributed by atoms with E-state index in [9.17, 15) is 0 Å². The van der Waals surface area contributed by atoms with Crippen molar-refractivity contribution in [3.05, 3.63) is 43.0 Å². The number of fused-ring (bicyclic) bond motifs is 1. The number of pyridine rings is 1. The summed E-state index contributed by atoms with van der Waals surface area (Å²) >= 11 is 0. The van der Waals surface area contributed by atoms with Crippen LogP contribution in [0.25, 0.3) is 33.5 Å². The Morgan fingerprint density at radius 3 is 3.06 bits per heavy atom. The molecule has 0 radical (unpaired) electrons. The van der Waals surface area contributed by atoms with Gasteiger partial charge in [0.1, 0.15) is 11.3 Å². The van der Waals surface area contributed by atoms with Gasteiger partial charge in [-0.25, -0.2) is 15.0 Å². The van der Waals surface area contributed by atoms with Gasteiger partial charge in [0.05, 0.1) is 18.3 Å². The molecule has 1 saturated heterocycles. The lowest BCUT2D eigenvalue weighted by Gasteiger charge is -2.10. The van der Waals surface area contributed by atoms with Crippen molar-refractivity contribution in [2.45, 2.75) is 32.2 Å². The molecular formula is C23H25N7O. The third kappa shape index (κ3) is 3.57. The van der Waals surface area contributed by atoms with Crippen LogP contribution < -0.4 is 5.32 Å². The Balaban J connectivity index is 1.41. The molecule has 5 heterocycles. The molecule has 158 valence electrons. The summed E-state index contributed by atoms with van der Waals surface area (Å²) < 4.78 is 7.62. The Kier molecular flexibility index (Phi) is 4.27. The van der Waals surface area contributed by atoms with E-state index >= 15 is 0 Å². The molecule has 6 rings (SSSR count). The molecule has 4 aromatic heterocycles. The van der Waals surface area contributed by atoms with Crippen molar-refractivity contribution in [3.8, 4) is 22.5 Å². The van der Waals surface area contributed by atoms with Crippen LogP contribution in [0.4, 0.5) is 5.95 Å². The number of ether oxygens (including phenoxy) is 1. The maximum absolute atomic E-state index is 5.60. The van der Waals surface area contributed by atoms with Crippen LogP contribution in [0.1, 0.15) is 32.2 Å². The zero-order valence-electron chi connectivity index (χ0n) is 17.5. The Labute approximate surface area is 180 Å². The molecule has 0 amide bonds. The third-order valence-corrected chi connectivity index (χ3v) is 6.39. The maximum atomic E-state index is 5.60. The van der Waals surface area contributed by atoms with E-state index < -0.39 is 0 Å². The SMILES string of the molecule is CC1(CNc2nccc(-c3cn(C4CCOC4)nc3-c3cnc4[nH]ccc4c3)n2)CC1. The second-order valence-corrected chi connectivity index (χ2v) is 8.96. The predicted octanol–water partition coefficient (Wildman–Crippen LogP) is 4.06. The second-order valence-electron chi connectivity index (χ2n) is 8.96. The molecule has 1 atom stereocenters. The molecule has 1 aliphatic heterocycles. The quantitative estimate of drug-likeness (QED) is 0.493. The highest BCUT2D eigenvalue weighted by molar-refractivity contribution is 5.85. The highest BCUT2D eigenvalue weighted by Crippen LogP contribution is 2.44. The minimum absolute atomic E-state index is 0.241. The summed E-state index contributed by atoms with van der Waals surface area (Å²) in [6, 6.07) is 6.33. The summed E-state index contributed by atoms with van der Waals surface area (Å²) in [5.74, 6) is 0.660. The molecule has 0 bridgehead atoms. The fourth-order valence-corrected chi connectivity index (χ4v) is 4.06. The van der Waals surface area contributed by atoms with Gasteiger partial charge in [-0.05, 0) is 42.9 Å². The van der Waals surface area contributed by atoms with Gasteiger partial charge in [-0.15, -0.1) is 0 Å². The van der Waals surface area contributed by atoms with Crippen LogP contribution in [0.2, 0.25) is 0 Å². The number of nitrogens with zero attached hydrogens (tertiary/aromatic N) is 5. The van der Waals surface area contributed by atoms with E-state index in [1.165, 1.54) is 12.8 Å². The molecule has 4 aromatic rings. The third-order valence-electron chi connectivity index (χ3n) is 6.39. The molecule has 1 unspecified atom stereocenters. The lowest BCUT2D eigenvalue weighted by atomic mass is 10.1. The Hall–Kier alpha value is -3.26. The molecule has 1 saturated carbocycles. The minimum atomic E-state index is 0.241. The molecule has 1 aliphatic carbocycles. The first-order chi connectivity index (χ1) is 15.2. The van der Waals surface area contributed by atoms with Crippen molar-refractivity contribution in [2.75, 3.05) is 25.1 Å². The van der Waals surface area contributed by atoms with Gasteiger partial charge >= 0.3 is 0 Å². The van der Waals surface area contributed by atoms with E-state index in [4.69, 9.17) is 14.8 Å². The van der Waals surface area contributed by atoms with Crippen LogP contribution in [-0.2, 0) is 4.74 Å². The molecule has 8 nitrogen and oxygen atoms in total. The lowest BCUT2D eigenvalue weighted by molar-refractivity contribution is 0.184. The summed E-state index contributed by atoms with van der Waals surface area (Å²) in [4.78, 5) is 17.0. The van der Waals surface area contributed by atoms with Gasteiger partial charge < -0.3 is 15.0 Å². The van der Waals surface area contributed by atoms with Crippen molar-refractivity contribution in [2.24, 2.45) is 5.41 Å². The topological polar surface area (TPSA) is 93.5 Å². The van der Waals surface area contributed by atoms with Crippen LogP contribution >= 0.6 is 0 Å². The molecule has 31 heavy (non-hydrogen) atoms. The normalized spacial score (nSPS) is 19.7. The minimum Gasteiger partial charge on any atom is -0.379 e. The zero-order chi connectivity index (χ0) is 20.8. The van der Waals surface area contributed by atoms with Crippen LogP contribution in [0.5, 0.6) is 0 Å². The van der Waals surface area contributed by atoms with E-state index in [0.717, 1.165) is 53.1 Å². The fraction of sp³-hybridized carbons (Fsp3) is 0.391. The van der Waals surface area contributed by atoms with Gasteiger partial charge in [0.2, 0.25) is 5.95 Å². The van der Waals surface area contributed by atoms with Crippen LogP contribution in [0.3, 0.4) is 0 Å². The highest BCUT2D eigenvalue weighted by atomic mass is 16.5. The van der Waals surface area contributed by atoms with Crippen molar-refractivity contribution in [1.29, 1.82) is 0 Å². The molecule has 2 N–H and O–H groups in total. The summed E-state index contributed by atoms with van der Waals surface area (Å²) in [5.41, 5.74) is 4.94. The number of H-pyrrole nitrogens is 1. The molecular weight excluding hydrogens is 390 g/mol. The first-order valence-electron chi connectivity index (χ1n) is 10.8. The lowest BCUT2D eigenvalue weighted by Crippen LogP contribution is -2.13. The maximum Gasteiger partial charge on any atom is 0.223 e. The number of anilines is 1. The summed E-state index contributed by atoms with van der Waals surface area (Å²) in [6.07, 6.45) is 11.2. The zero-order valence-corrected chi connectivity index (χ0v) is 17.5. The van der Waals surface area contributed by atoms with Gasteiger partial charge in [0.15, 0.2) is 0 Å². The smallest absolute Gasteiger partial charge is 0.223 e. The van der Waals surface area contributed by atoms with E-state index in [-0.39, 0.29) is 6.04 Å². The highest BCUT2D eigenvalue weighted by Gasteiger charge is 2.37. The van der Waals surface area contributed by atoms with Crippen molar-refractivity contribution < 1.29 is 4.74 Å². The molecule has 2 aliphatic rings. The van der Waals surface area contributed by atoms with E-state index in [1.807, 2.05) is 35.4 Å². The average molecular weight is 416 g/mol. The standard InChI is InChI=1S/C23H25N7O/c1-23(5-6-23)14-27-22-25-8-3-19(28-22)18-12-30(17-4-9-31-13-17)29-20(18)16-10-15-2-7-24-21(15)26-11-16/h2-3,7-8,10-12,17H,4-6,9,13-14H2,1H3,(H,24,26)(H,25,27,28). The van der Waals surface area contributed by atoms with Crippen molar-refractivity contribution >= 4 is 17.0 Å².